The number of alkyl halides is 1. The van der Waals surface area contributed by atoms with E-state index in [1.54, 1.807) is 57.1 Å². The van der Waals surface area contributed by atoms with Crippen molar-refractivity contribution in [1.82, 2.24) is 24.6 Å². The molecule has 0 radical (unpaired) electrons. The number of nitrogens with zero attached hydrogens (tertiary/aromatic N) is 5. The van der Waals surface area contributed by atoms with Crippen LogP contribution >= 0.6 is 7.75 Å². The van der Waals surface area contributed by atoms with Crippen LogP contribution in [-0.4, -0.2) is 80.3 Å². The number of carbonyl (C=O) groups is 1. The third kappa shape index (κ3) is 5.18. The Morgan fingerprint density at radius 1 is 1.20 bits per heavy atom. The molecule has 2 aliphatic rings. The summed E-state index contributed by atoms with van der Waals surface area (Å²) < 4.78 is 55.5. The Morgan fingerprint density at radius 3 is 2.58 bits per heavy atom. The topological polar surface area (TPSA) is 176 Å². The molecule has 0 amide bonds. The molecular formula is C29H35FN7O7P. The molecule has 1 saturated heterocycles. The van der Waals surface area contributed by atoms with E-state index in [1.807, 2.05) is 18.2 Å². The number of esters is 1. The van der Waals surface area contributed by atoms with E-state index in [0.717, 1.165) is 12.3 Å². The summed E-state index contributed by atoms with van der Waals surface area (Å²) in [6.45, 7) is 5.93. The average Bonchev–Trinajstić information content (AvgIpc) is 3.21. The molecule has 1 unspecified atom stereocenters. The normalized spacial score (nSPS) is 27.7. The molecule has 4 aromatic rings. The number of anilines is 2. The fourth-order valence-corrected chi connectivity index (χ4v) is 7.36. The van der Waals surface area contributed by atoms with Crippen LogP contribution in [-0.2, 0) is 23.4 Å². The van der Waals surface area contributed by atoms with Crippen LogP contribution in [0.3, 0.4) is 0 Å². The van der Waals surface area contributed by atoms with Gasteiger partial charge in [-0.15, -0.1) is 0 Å². The van der Waals surface area contributed by atoms with Gasteiger partial charge in [-0.3, -0.25) is 13.9 Å². The van der Waals surface area contributed by atoms with Crippen LogP contribution in [0.5, 0.6) is 5.75 Å². The monoisotopic (exact) mass is 643 g/mol. The lowest BCUT2D eigenvalue weighted by atomic mass is 9.97. The van der Waals surface area contributed by atoms with Crippen molar-refractivity contribution in [2.45, 2.75) is 69.5 Å². The van der Waals surface area contributed by atoms with Crippen LogP contribution in [0.25, 0.3) is 21.9 Å². The molecule has 0 spiro atoms. The second-order valence-electron chi connectivity index (χ2n) is 11.9. The second kappa shape index (κ2) is 10.9. The van der Waals surface area contributed by atoms with Gasteiger partial charge in [-0.25, -0.2) is 13.9 Å². The molecule has 1 aliphatic heterocycles. The Kier molecular flexibility index (Phi) is 7.52. The maximum Gasteiger partial charge on any atom is 0.459 e. The van der Waals surface area contributed by atoms with Crippen LogP contribution < -0.4 is 20.2 Å². The highest BCUT2D eigenvalue weighted by molar-refractivity contribution is 7.52. The Morgan fingerprint density at radius 2 is 1.91 bits per heavy atom. The lowest BCUT2D eigenvalue weighted by Gasteiger charge is -2.32. The second-order valence-corrected chi connectivity index (χ2v) is 13.5. The van der Waals surface area contributed by atoms with Crippen molar-refractivity contribution in [3.8, 4) is 5.75 Å². The van der Waals surface area contributed by atoms with Gasteiger partial charge in [0.2, 0.25) is 5.95 Å². The maximum absolute atomic E-state index is 16.7. The zero-order valence-corrected chi connectivity index (χ0v) is 26.4. The number of rotatable bonds is 10. The van der Waals surface area contributed by atoms with Gasteiger partial charge in [-0.05, 0) is 39.1 Å². The predicted octanol–water partition coefficient (Wildman–Crippen LogP) is 3.50. The number of benzene rings is 2. The van der Waals surface area contributed by atoms with E-state index >= 15 is 4.39 Å². The number of carbonyl (C=O) groups excluding carboxylic acids is 1. The summed E-state index contributed by atoms with van der Waals surface area (Å²) in [7, 11) is -1.01. The minimum Gasteiger partial charge on any atom is -0.462 e. The average molecular weight is 644 g/mol. The van der Waals surface area contributed by atoms with E-state index in [1.165, 1.54) is 17.8 Å². The number of fused-ring (bicyclic) bond motifs is 3. The van der Waals surface area contributed by atoms with Crippen LogP contribution in [0.2, 0.25) is 0 Å². The SMILES string of the molecule is CC(C)OC(=O)[C@H](C)N[P@](=O)(Oc1cccc2ccccc12)OC1[C@H]2O[C@@H](n3cnc4c(N(C)C)nc(N)nc43)[C@](C)(F)[C@@]12O. The molecule has 1 aliphatic carbocycles. The van der Waals surface area contributed by atoms with E-state index < -0.39 is 55.6 Å². The quantitative estimate of drug-likeness (QED) is 0.169. The summed E-state index contributed by atoms with van der Waals surface area (Å²) in [6.07, 6.45) is -3.19. The number of nitrogens with two attached hydrogens (primary N) is 1. The smallest absolute Gasteiger partial charge is 0.459 e. The van der Waals surface area contributed by atoms with Gasteiger partial charge in [0.05, 0.1) is 12.4 Å². The highest BCUT2D eigenvalue weighted by atomic mass is 31.2. The van der Waals surface area contributed by atoms with Crippen molar-refractivity contribution >= 4 is 47.4 Å². The molecule has 240 valence electrons. The van der Waals surface area contributed by atoms with E-state index in [0.29, 0.717) is 16.7 Å². The van der Waals surface area contributed by atoms with Crippen LogP contribution in [0.15, 0.2) is 48.8 Å². The Balaban J connectivity index is 1.30. The number of halogens is 1. The fraction of sp³-hybridized carbons (Fsp3) is 0.448. The molecule has 16 heteroatoms. The molecule has 2 aromatic heterocycles. The van der Waals surface area contributed by atoms with Crippen LogP contribution in [0.1, 0.15) is 33.9 Å². The van der Waals surface area contributed by atoms with Crippen molar-refractivity contribution in [2.75, 3.05) is 24.7 Å². The number of hydrogen-bond acceptors (Lipinski definition) is 12. The maximum atomic E-state index is 16.7. The van der Waals surface area contributed by atoms with Gasteiger partial charge in [-0.2, -0.15) is 15.1 Å². The summed E-state index contributed by atoms with van der Waals surface area (Å²) >= 11 is 0. The number of nitrogen functional groups attached to an aromatic ring is 1. The summed E-state index contributed by atoms with van der Waals surface area (Å²) in [5.74, 6) is -0.157. The standard InChI is InChI=1S/C29H35FN7O7P/c1-15(2)41-25(38)16(3)35-45(40,43-19-13-9-11-17-10-7-8-12-18(17)19)44-22-21-29(22,39)28(4,30)26(42-21)37-14-32-20-23(36(5)6)33-27(31)34-24(20)37/h7-16,21-22,26,39H,1-6H3,(H,35,40)(H2,31,33,34)/t16-,21+,22?,26+,28-,29-,45-/m0/s1. The number of hydrogen-bond donors (Lipinski definition) is 3. The number of aromatic nitrogens is 4. The molecule has 4 N–H and O–H groups in total. The lowest BCUT2D eigenvalue weighted by molar-refractivity contribution is -0.149. The molecule has 3 heterocycles. The molecule has 45 heavy (non-hydrogen) atoms. The summed E-state index contributed by atoms with van der Waals surface area (Å²) in [5.41, 5.74) is 1.72. The zero-order valence-electron chi connectivity index (χ0n) is 25.5. The summed E-state index contributed by atoms with van der Waals surface area (Å²) in [4.78, 5) is 27.1. The number of aliphatic hydroxyl groups is 1. The molecule has 1 saturated carbocycles. The van der Waals surface area contributed by atoms with Crippen molar-refractivity contribution in [3.05, 3.63) is 48.8 Å². The highest BCUT2D eigenvalue weighted by Gasteiger charge is 2.85. The minimum absolute atomic E-state index is 0.0562. The van der Waals surface area contributed by atoms with Crippen LogP contribution in [0, 0.1) is 0 Å². The van der Waals surface area contributed by atoms with E-state index in [2.05, 4.69) is 20.0 Å². The Hall–Kier alpha value is -3.88. The van der Waals surface area contributed by atoms with Crippen molar-refractivity contribution in [3.63, 3.8) is 0 Å². The fourth-order valence-electron chi connectivity index (χ4n) is 5.63. The van der Waals surface area contributed by atoms with E-state index in [-0.39, 0.29) is 17.3 Å². The number of nitrogens with one attached hydrogen (secondary N) is 1. The number of imidazole rings is 1. The summed E-state index contributed by atoms with van der Waals surface area (Å²) in [6, 6.07) is 11.2. The van der Waals surface area contributed by atoms with E-state index in [4.69, 9.17) is 24.3 Å². The first-order valence-corrected chi connectivity index (χ1v) is 15.9. The summed E-state index contributed by atoms with van der Waals surface area (Å²) in [5, 5.41) is 15.7. The molecule has 0 bridgehead atoms. The van der Waals surface area contributed by atoms with Gasteiger partial charge in [0.1, 0.15) is 24.0 Å². The molecular weight excluding hydrogens is 608 g/mol. The first kappa shape index (κ1) is 31.1. The zero-order chi connectivity index (χ0) is 32.5. The first-order valence-electron chi connectivity index (χ1n) is 14.3. The largest absolute Gasteiger partial charge is 0.462 e. The van der Waals surface area contributed by atoms with Gasteiger partial charge in [0, 0.05) is 19.5 Å². The van der Waals surface area contributed by atoms with Gasteiger partial charge in [-0.1, -0.05) is 36.4 Å². The molecule has 7 atom stereocenters. The Bertz CT molecular complexity index is 1830. The molecule has 14 nitrogen and oxygen atoms in total. The Labute approximate surface area is 258 Å². The number of ether oxygens (including phenoxy) is 2. The predicted molar refractivity (Wildman–Crippen MR) is 163 cm³/mol. The van der Waals surface area contributed by atoms with Gasteiger partial charge < -0.3 is 29.7 Å². The van der Waals surface area contributed by atoms with Crippen LogP contribution in [0.4, 0.5) is 16.2 Å². The van der Waals surface area contributed by atoms with Gasteiger partial charge in [0.25, 0.3) is 0 Å². The third-order valence-corrected chi connectivity index (χ3v) is 9.58. The molecule has 6 rings (SSSR count). The molecule has 2 fully saturated rings. The minimum atomic E-state index is -4.51. The first-order chi connectivity index (χ1) is 21.2. The highest BCUT2D eigenvalue weighted by Crippen LogP contribution is 2.66. The van der Waals surface area contributed by atoms with E-state index in [9.17, 15) is 14.5 Å². The van der Waals surface area contributed by atoms with Crippen molar-refractivity contribution in [1.29, 1.82) is 0 Å². The third-order valence-electron chi connectivity index (χ3n) is 7.93. The lowest BCUT2D eigenvalue weighted by Crippen LogP contribution is -2.45. The molecule has 2 aromatic carbocycles. The van der Waals surface area contributed by atoms with Crippen molar-refractivity contribution in [2.24, 2.45) is 0 Å². The van der Waals surface area contributed by atoms with Gasteiger partial charge in [0.15, 0.2) is 34.5 Å². The van der Waals surface area contributed by atoms with Crippen molar-refractivity contribution < 1.29 is 37.4 Å². The van der Waals surface area contributed by atoms with Gasteiger partial charge >= 0.3 is 13.7 Å².